The Labute approximate surface area is 73.2 Å². The number of nitrogens with two attached hydrogens (primary N) is 1. The van der Waals surface area contributed by atoms with E-state index in [0.29, 0.717) is 0 Å². The summed E-state index contributed by atoms with van der Waals surface area (Å²) in [6.07, 6.45) is 7.42. The van der Waals surface area contributed by atoms with E-state index in [1.165, 1.54) is 19.3 Å². The minimum atomic E-state index is -0.611. The molecule has 0 rings (SSSR count). The maximum atomic E-state index is 10.1. The fourth-order valence-electron chi connectivity index (χ4n) is 0.836. The second-order valence-corrected chi connectivity index (χ2v) is 2.64. The van der Waals surface area contributed by atoms with Gasteiger partial charge in [0.1, 0.15) is 0 Å². The van der Waals surface area contributed by atoms with Gasteiger partial charge in [0, 0.05) is 6.21 Å². The molecule has 2 amide bonds. The Morgan fingerprint density at radius 1 is 1.50 bits per heavy atom. The zero-order valence-electron chi connectivity index (χ0n) is 7.55. The van der Waals surface area contributed by atoms with E-state index in [1.54, 1.807) is 6.21 Å². The number of carbonyl (C=O) groups excluding carboxylic acids is 1. The van der Waals surface area contributed by atoms with Crippen LogP contribution in [0.25, 0.3) is 0 Å². The number of hydrazone groups is 1. The molecule has 0 saturated carbocycles. The largest absolute Gasteiger partial charge is 0.350 e. The molecule has 0 fully saturated rings. The Morgan fingerprint density at radius 3 is 2.83 bits per heavy atom. The first-order chi connectivity index (χ1) is 5.77. The van der Waals surface area contributed by atoms with Gasteiger partial charge in [-0.15, -0.1) is 0 Å². The van der Waals surface area contributed by atoms with Crippen molar-refractivity contribution >= 4 is 12.2 Å². The number of hydrogen-bond acceptors (Lipinski definition) is 2. The summed E-state index contributed by atoms with van der Waals surface area (Å²) in [5, 5.41) is 3.62. The van der Waals surface area contributed by atoms with E-state index in [1.807, 2.05) is 0 Å². The Kier molecular flexibility index (Phi) is 7.33. The predicted molar refractivity (Wildman–Crippen MR) is 50.0 cm³/mol. The van der Waals surface area contributed by atoms with Crippen LogP contribution in [0.2, 0.25) is 0 Å². The summed E-state index contributed by atoms with van der Waals surface area (Å²) in [7, 11) is 0. The summed E-state index contributed by atoms with van der Waals surface area (Å²) in [5.74, 6) is 0. The van der Waals surface area contributed by atoms with Crippen LogP contribution in [0.5, 0.6) is 0 Å². The summed E-state index contributed by atoms with van der Waals surface area (Å²) >= 11 is 0. The number of carbonyl (C=O) groups is 1. The number of hydrogen-bond donors (Lipinski definition) is 2. The Balaban J connectivity index is 3.08. The lowest BCUT2D eigenvalue weighted by Gasteiger charge is -1.93. The molecule has 4 heteroatoms. The van der Waals surface area contributed by atoms with E-state index in [2.05, 4.69) is 17.5 Å². The van der Waals surface area contributed by atoms with Crippen molar-refractivity contribution in [3.05, 3.63) is 0 Å². The lowest BCUT2D eigenvalue weighted by molar-refractivity contribution is 0.249. The van der Waals surface area contributed by atoms with Gasteiger partial charge in [-0.1, -0.05) is 26.2 Å². The van der Waals surface area contributed by atoms with Crippen molar-refractivity contribution < 1.29 is 4.79 Å². The van der Waals surface area contributed by atoms with Crippen LogP contribution in [0.1, 0.15) is 39.0 Å². The maximum Gasteiger partial charge on any atom is 0.332 e. The number of urea groups is 1. The van der Waals surface area contributed by atoms with E-state index in [9.17, 15) is 4.79 Å². The van der Waals surface area contributed by atoms with E-state index < -0.39 is 6.03 Å². The molecule has 0 spiro atoms. The quantitative estimate of drug-likeness (QED) is 0.356. The molecular weight excluding hydrogens is 154 g/mol. The Hall–Kier alpha value is -1.06. The molecular formula is C8H17N3O. The Morgan fingerprint density at radius 2 is 2.25 bits per heavy atom. The normalized spacial score (nSPS) is 10.4. The molecule has 0 heterocycles. The first kappa shape index (κ1) is 10.9. The van der Waals surface area contributed by atoms with Gasteiger partial charge in [-0.3, -0.25) is 0 Å². The van der Waals surface area contributed by atoms with Crippen LogP contribution in [0.4, 0.5) is 4.79 Å². The van der Waals surface area contributed by atoms with Crippen molar-refractivity contribution in [3.8, 4) is 0 Å². The zero-order chi connectivity index (χ0) is 9.23. The molecule has 3 N–H and O–H groups in total. The average Bonchev–Trinajstić information content (AvgIpc) is 2.02. The third kappa shape index (κ3) is 8.94. The monoisotopic (exact) mass is 171 g/mol. The zero-order valence-corrected chi connectivity index (χ0v) is 7.55. The standard InChI is InChI=1S/C8H17N3O/c1-2-3-4-5-6-7-10-11-8(9)12/h7H,2-6H2,1H3,(H3,9,11,12)/b10-7+. The van der Waals surface area contributed by atoms with Crippen LogP contribution in [0.15, 0.2) is 5.10 Å². The number of nitrogens with one attached hydrogen (secondary N) is 1. The lowest BCUT2D eigenvalue weighted by Crippen LogP contribution is -2.24. The minimum absolute atomic E-state index is 0.611. The third-order valence-electron chi connectivity index (χ3n) is 1.45. The summed E-state index contributed by atoms with van der Waals surface area (Å²) < 4.78 is 0. The van der Waals surface area contributed by atoms with Crippen LogP contribution < -0.4 is 11.2 Å². The second kappa shape index (κ2) is 8.04. The van der Waals surface area contributed by atoms with Gasteiger partial charge < -0.3 is 5.73 Å². The van der Waals surface area contributed by atoms with E-state index in [4.69, 9.17) is 5.73 Å². The predicted octanol–water partition coefficient (Wildman–Crippen LogP) is 1.61. The Bertz CT molecular complexity index is 145. The molecule has 0 unspecified atom stereocenters. The van der Waals surface area contributed by atoms with Gasteiger partial charge in [0.25, 0.3) is 0 Å². The minimum Gasteiger partial charge on any atom is -0.350 e. The molecule has 0 aromatic heterocycles. The third-order valence-corrected chi connectivity index (χ3v) is 1.45. The van der Waals surface area contributed by atoms with Crippen molar-refractivity contribution in [2.45, 2.75) is 39.0 Å². The maximum absolute atomic E-state index is 10.1. The summed E-state index contributed by atoms with van der Waals surface area (Å²) in [6, 6.07) is -0.611. The molecule has 0 aromatic carbocycles. The highest BCUT2D eigenvalue weighted by Gasteiger charge is 1.85. The molecule has 0 aromatic rings. The van der Waals surface area contributed by atoms with Crippen molar-refractivity contribution in [1.82, 2.24) is 5.43 Å². The smallest absolute Gasteiger partial charge is 0.332 e. The molecule has 0 bridgehead atoms. The van der Waals surface area contributed by atoms with Crippen LogP contribution in [-0.2, 0) is 0 Å². The molecule has 12 heavy (non-hydrogen) atoms. The number of unbranched alkanes of at least 4 members (excludes halogenated alkanes) is 4. The molecule has 0 aliphatic carbocycles. The molecule has 0 saturated heterocycles. The fourth-order valence-corrected chi connectivity index (χ4v) is 0.836. The highest BCUT2D eigenvalue weighted by molar-refractivity contribution is 5.72. The number of primary amides is 1. The van der Waals surface area contributed by atoms with Crippen LogP contribution in [-0.4, -0.2) is 12.2 Å². The lowest BCUT2D eigenvalue weighted by atomic mass is 10.2. The summed E-state index contributed by atoms with van der Waals surface area (Å²) in [5.41, 5.74) is 6.94. The summed E-state index contributed by atoms with van der Waals surface area (Å²) in [6.45, 7) is 2.17. The summed E-state index contributed by atoms with van der Waals surface area (Å²) in [4.78, 5) is 10.1. The molecule has 0 aliphatic heterocycles. The fraction of sp³-hybridized carbons (Fsp3) is 0.750. The van der Waals surface area contributed by atoms with Crippen LogP contribution in [0, 0.1) is 0 Å². The highest BCUT2D eigenvalue weighted by atomic mass is 16.2. The van der Waals surface area contributed by atoms with E-state index in [0.717, 1.165) is 12.8 Å². The average molecular weight is 171 g/mol. The van der Waals surface area contributed by atoms with Crippen LogP contribution >= 0.6 is 0 Å². The van der Waals surface area contributed by atoms with Gasteiger partial charge in [0.05, 0.1) is 0 Å². The van der Waals surface area contributed by atoms with Crippen LogP contribution in [0.3, 0.4) is 0 Å². The van der Waals surface area contributed by atoms with Gasteiger partial charge in [0.15, 0.2) is 0 Å². The van der Waals surface area contributed by atoms with Gasteiger partial charge in [-0.05, 0) is 12.8 Å². The first-order valence-corrected chi connectivity index (χ1v) is 4.34. The highest BCUT2D eigenvalue weighted by Crippen LogP contribution is 1.99. The molecule has 0 radical (unpaired) electrons. The molecule has 4 nitrogen and oxygen atoms in total. The first-order valence-electron chi connectivity index (χ1n) is 4.34. The SMILES string of the molecule is CCCCCC/C=N/NC(N)=O. The van der Waals surface area contributed by atoms with Gasteiger partial charge in [-0.25, -0.2) is 10.2 Å². The van der Waals surface area contributed by atoms with E-state index in [-0.39, 0.29) is 0 Å². The number of nitrogens with zero attached hydrogens (tertiary/aromatic N) is 1. The van der Waals surface area contributed by atoms with Crippen molar-refractivity contribution in [1.29, 1.82) is 0 Å². The van der Waals surface area contributed by atoms with Gasteiger partial charge >= 0.3 is 6.03 Å². The van der Waals surface area contributed by atoms with Gasteiger partial charge in [0.2, 0.25) is 0 Å². The van der Waals surface area contributed by atoms with Gasteiger partial charge in [-0.2, -0.15) is 5.10 Å². The molecule has 0 atom stereocenters. The topological polar surface area (TPSA) is 67.5 Å². The van der Waals surface area contributed by atoms with Crippen molar-refractivity contribution in [2.24, 2.45) is 10.8 Å². The second-order valence-electron chi connectivity index (χ2n) is 2.64. The number of rotatable bonds is 6. The van der Waals surface area contributed by atoms with Crippen molar-refractivity contribution in [2.75, 3.05) is 0 Å². The number of amides is 2. The van der Waals surface area contributed by atoms with Crippen molar-refractivity contribution in [3.63, 3.8) is 0 Å². The molecule has 70 valence electrons. The van der Waals surface area contributed by atoms with E-state index >= 15 is 0 Å². The molecule has 0 aliphatic rings.